The van der Waals surface area contributed by atoms with Gasteiger partial charge in [0.1, 0.15) is 6.54 Å². The summed E-state index contributed by atoms with van der Waals surface area (Å²) in [5.74, 6) is 0.475. The number of carbonyl (C=O) groups excluding carboxylic acids is 1. The normalized spacial score (nSPS) is 12.3. The fourth-order valence-electron chi connectivity index (χ4n) is 3.21. The van der Waals surface area contributed by atoms with E-state index in [1.54, 1.807) is 22.9 Å². The van der Waals surface area contributed by atoms with Gasteiger partial charge in [0, 0.05) is 5.39 Å². The van der Waals surface area contributed by atoms with E-state index in [9.17, 15) is 9.59 Å². The lowest BCUT2D eigenvalue weighted by molar-refractivity contribution is -0.122. The third kappa shape index (κ3) is 4.61. The number of nitrogens with one attached hydrogen (secondary N) is 1. The van der Waals surface area contributed by atoms with E-state index in [-0.39, 0.29) is 23.9 Å². The predicted octanol–water partition coefficient (Wildman–Crippen LogP) is 3.47. The number of aromatic nitrogens is 2. The molecule has 5 heteroatoms. The summed E-state index contributed by atoms with van der Waals surface area (Å²) in [7, 11) is 0. The fourth-order valence-corrected chi connectivity index (χ4v) is 3.21. The summed E-state index contributed by atoms with van der Waals surface area (Å²) in [5, 5.41) is 7.68. The van der Waals surface area contributed by atoms with Crippen LogP contribution in [0.5, 0.6) is 0 Å². The molecule has 0 fully saturated rings. The Balaban J connectivity index is 1.69. The lowest BCUT2D eigenvalue weighted by Crippen LogP contribution is -2.31. The molecule has 0 spiro atoms. The molecule has 0 radical (unpaired) electrons. The van der Waals surface area contributed by atoms with Crippen molar-refractivity contribution in [1.29, 1.82) is 0 Å². The summed E-state index contributed by atoms with van der Waals surface area (Å²) >= 11 is 0. The first-order chi connectivity index (χ1) is 12.9. The molecule has 5 nitrogen and oxygen atoms in total. The van der Waals surface area contributed by atoms with Crippen LogP contribution in [0.1, 0.15) is 37.9 Å². The lowest BCUT2D eigenvalue weighted by atomic mass is 10.00. The number of nitrogens with zero attached hydrogens (tertiary/aromatic N) is 2. The van der Waals surface area contributed by atoms with Crippen LogP contribution in [0.25, 0.3) is 10.9 Å². The van der Waals surface area contributed by atoms with Gasteiger partial charge in [-0.05, 0) is 42.5 Å². The fraction of sp³-hybridized carbons (Fsp3) is 0.318. The largest absolute Gasteiger partial charge is 0.348 e. The van der Waals surface area contributed by atoms with E-state index in [4.69, 9.17) is 0 Å². The maximum Gasteiger partial charge on any atom is 0.242 e. The molecule has 0 aliphatic heterocycles. The zero-order valence-electron chi connectivity index (χ0n) is 16.0. The van der Waals surface area contributed by atoms with E-state index in [0.717, 1.165) is 12.0 Å². The second-order valence-corrected chi connectivity index (χ2v) is 7.31. The molecule has 0 aliphatic rings. The quantitative estimate of drug-likeness (QED) is 0.729. The van der Waals surface area contributed by atoms with Crippen molar-refractivity contribution in [3.63, 3.8) is 0 Å². The van der Waals surface area contributed by atoms with Gasteiger partial charge in [-0.15, -0.1) is 0 Å². The molecule has 1 aromatic heterocycles. The van der Waals surface area contributed by atoms with Crippen LogP contribution in [0.4, 0.5) is 0 Å². The van der Waals surface area contributed by atoms with Gasteiger partial charge in [-0.25, -0.2) is 0 Å². The smallest absolute Gasteiger partial charge is 0.242 e. The Morgan fingerprint density at radius 3 is 2.48 bits per heavy atom. The topological polar surface area (TPSA) is 64.0 Å². The summed E-state index contributed by atoms with van der Waals surface area (Å²) in [6.07, 6.45) is 2.30. The first-order valence-corrected chi connectivity index (χ1v) is 9.27. The average molecular weight is 363 g/mol. The Hall–Kier alpha value is -2.95. The third-order valence-electron chi connectivity index (χ3n) is 4.56. The van der Waals surface area contributed by atoms with E-state index < -0.39 is 0 Å². The Labute approximate surface area is 159 Å². The van der Waals surface area contributed by atoms with Gasteiger partial charge in [0.05, 0.1) is 17.8 Å². The zero-order valence-corrected chi connectivity index (χ0v) is 16.0. The van der Waals surface area contributed by atoms with Gasteiger partial charge in [0.2, 0.25) is 11.3 Å². The first-order valence-electron chi connectivity index (χ1n) is 9.27. The minimum absolute atomic E-state index is 0.0660. The van der Waals surface area contributed by atoms with E-state index in [1.165, 1.54) is 11.8 Å². The standard InChI is InChI=1S/C22H25N3O2/c1-15(2)12-17-8-10-18(11-9-17)16(3)24-22(27)14-25-20-7-5-4-6-19(20)21(26)13-23-25/h4-11,13,15-16H,12,14H2,1-3H3,(H,24,27)/t16-/m0/s1. The summed E-state index contributed by atoms with van der Waals surface area (Å²) < 4.78 is 1.56. The molecular formula is C22H25N3O2. The number of amides is 1. The average Bonchev–Trinajstić information content (AvgIpc) is 2.64. The molecule has 0 saturated carbocycles. The summed E-state index contributed by atoms with van der Waals surface area (Å²) in [4.78, 5) is 24.4. The second kappa shape index (κ2) is 8.16. The van der Waals surface area contributed by atoms with Crippen molar-refractivity contribution in [3.05, 3.63) is 76.1 Å². The van der Waals surface area contributed by atoms with Crippen LogP contribution in [-0.4, -0.2) is 15.7 Å². The van der Waals surface area contributed by atoms with Crippen LogP contribution in [0.2, 0.25) is 0 Å². The van der Waals surface area contributed by atoms with Gasteiger partial charge < -0.3 is 5.32 Å². The number of hydrogen-bond donors (Lipinski definition) is 1. The number of rotatable bonds is 6. The summed E-state index contributed by atoms with van der Waals surface area (Å²) in [6.45, 7) is 6.43. The first kappa shape index (κ1) is 18.8. The van der Waals surface area contributed by atoms with Gasteiger partial charge in [-0.2, -0.15) is 5.10 Å². The highest BCUT2D eigenvalue weighted by atomic mass is 16.2. The van der Waals surface area contributed by atoms with Crippen LogP contribution < -0.4 is 10.7 Å². The van der Waals surface area contributed by atoms with Crippen LogP contribution in [-0.2, 0) is 17.8 Å². The van der Waals surface area contributed by atoms with Crippen molar-refractivity contribution in [1.82, 2.24) is 15.1 Å². The molecule has 1 amide bonds. The molecule has 0 bridgehead atoms. The number of benzene rings is 2. The number of para-hydroxylation sites is 1. The lowest BCUT2D eigenvalue weighted by Gasteiger charge is -2.16. The molecular weight excluding hydrogens is 338 g/mol. The van der Waals surface area contributed by atoms with Crippen molar-refractivity contribution in [2.45, 2.75) is 39.8 Å². The molecule has 1 heterocycles. The Bertz CT molecular complexity index is 990. The van der Waals surface area contributed by atoms with E-state index in [2.05, 4.69) is 48.5 Å². The van der Waals surface area contributed by atoms with Gasteiger partial charge in [-0.3, -0.25) is 14.3 Å². The number of hydrogen-bond acceptors (Lipinski definition) is 3. The van der Waals surface area contributed by atoms with Crippen LogP contribution in [0.15, 0.2) is 59.5 Å². The highest BCUT2D eigenvalue weighted by molar-refractivity contribution is 5.81. The Kier molecular flexibility index (Phi) is 5.69. The molecule has 27 heavy (non-hydrogen) atoms. The maximum atomic E-state index is 12.5. The van der Waals surface area contributed by atoms with E-state index in [1.807, 2.05) is 13.0 Å². The third-order valence-corrected chi connectivity index (χ3v) is 4.56. The van der Waals surface area contributed by atoms with Gasteiger partial charge in [0.15, 0.2) is 0 Å². The number of carbonyl (C=O) groups is 1. The maximum absolute atomic E-state index is 12.5. The second-order valence-electron chi connectivity index (χ2n) is 7.31. The van der Waals surface area contributed by atoms with Crippen molar-refractivity contribution in [2.75, 3.05) is 0 Å². The van der Waals surface area contributed by atoms with E-state index >= 15 is 0 Å². The molecule has 1 N–H and O–H groups in total. The van der Waals surface area contributed by atoms with E-state index in [0.29, 0.717) is 16.8 Å². The van der Waals surface area contributed by atoms with Crippen molar-refractivity contribution >= 4 is 16.8 Å². The number of fused-ring (bicyclic) bond motifs is 1. The summed E-state index contributed by atoms with van der Waals surface area (Å²) in [6, 6.07) is 15.5. The minimum atomic E-state index is -0.143. The van der Waals surface area contributed by atoms with Crippen LogP contribution >= 0.6 is 0 Å². The molecule has 0 aliphatic carbocycles. The SMILES string of the molecule is CC(C)Cc1ccc([C@H](C)NC(=O)Cn2ncc(=O)c3ccccc32)cc1. The molecule has 1 atom stereocenters. The zero-order chi connectivity index (χ0) is 19.4. The Morgan fingerprint density at radius 1 is 1.07 bits per heavy atom. The molecule has 0 saturated heterocycles. The van der Waals surface area contributed by atoms with Crippen LogP contribution in [0.3, 0.4) is 0 Å². The minimum Gasteiger partial charge on any atom is -0.348 e. The highest BCUT2D eigenvalue weighted by Crippen LogP contribution is 2.16. The van der Waals surface area contributed by atoms with Gasteiger partial charge >= 0.3 is 0 Å². The summed E-state index contributed by atoms with van der Waals surface area (Å²) in [5.41, 5.74) is 2.88. The highest BCUT2D eigenvalue weighted by Gasteiger charge is 2.12. The van der Waals surface area contributed by atoms with Crippen molar-refractivity contribution in [2.24, 2.45) is 5.92 Å². The Morgan fingerprint density at radius 2 is 1.78 bits per heavy atom. The molecule has 2 aromatic carbocycles. The van der Waals surface area contributed by atoms with Gasteiger partial charge in [0.25, 0.3) is 0 Å². The predicted molar refractivity (Wildman–Crippen MR) is 108 cm³/mol. The monoisotopic (exact) mass is 363 g/mol. The van der Waals surface area contributed by atoms with Crippen LogP contribution in [0, 0.1) is 5.92 Å². The molecule has 140 valence electrons. The molecule has 3 aromatic rings. The van der Waals surface area contributed by atoms with Gasteiger partial charge in [-0.1, -0.05) is 50.2 Å². The van der Waals surface area contributed by atoms with Crippen molar-refractivity contribution in [3.8, 4) is 0 Å². The molecule has 0 unspecified atom stereocenters. The molecule has 3 rings (SSSR count). The van der Waals surface area contributed by atoms with Crippen molar-refractivity contribution < 1.29 is 4.79 Å².